The Hall–Kier alpha value is -1.86. The van der Waals surface area contributed by atoms with Crippen LogP contribution in [-0.4, -0.2) is 65.4 Å². The van der Waals surface area contributed by atoms with Gasteiger partial charge in [-0.3, -0.25) is 0 Å². The van der Waals surface area contributed by atoms with E-state index < -0.39 is 6.10 Å². The van der Waals surface area contributed by atoms with Crippen LogP contribution in [0.5, 0.6) is 0 Å². The zero-order valence-electron chi connectivity index (χ0n) is 12.7. The fraction of sp³-hybridized carbons (Fsp3) is 0.571. The second kappa shape index (κ2) is 6.28. The molecular formula is C14H23N5O2. The Bertz CT molecular complexity index is 532. The highest BCUT2D eigenvalue weighted by molar-refractivity contribution is 6.01. The first-order chi connectivity index (χ1) is 9.92. The summed E-state index contributed by atoms with van der Waals surface area (Å²) in [6.07, 6.45) is 0.293. The van der Waals surface area contributed by atoms with Crippen LogP contribution in [0.4, 0.5) is 5.82 Å². The van der Waals surface area contributed by atoms with Crippen molar-refractivity contribution < 1.29 is 10.3 Å². The number of aromatic nitrogens is 1. The first kappa shape index (κ1) is 15.5. The maximum Gasteiger partial charge on any atom is 0.173 e. The summed E-state index contributed by atoms with van der Waals surface area (Å²) in [6, 6.07) is 3.77. The van der Waals surface area contributed by atoms with Gasteiger partial charge in [-0.2, -0.15) is 0 Å². The lowest BCUT2D eigenvalue weighted by Gasteiger charge is -2.29. The molecule has 1 aromatic rings. The summed E-state index contributed by atoms with van der Waals surface area (Å²) in [5.41, 5.74) is 7.19. The molecule has 0 aromatic carbocycles. The number of aryl methyl sites for hydroxylation is 1. The minimum atomic E-state index is -0.391. The van der Waals surface area contributed by atoms with E-state index in [9.17, 15) is 5.11 Å². The molecule has 1 saturated heterocycles. The van der Waals surface area contributed by atoms with E-state index in [1.54, 1.807) is 6.07 Å². The molecule has 1 fully saturated rings. The van der Waals surface area contributed by atoms with E-state index in [1.165, 1.54) is 0 Å². The summed E-state index contributed by atoms with van der Waals surface area (Å²) in [7, 11) is 3.99. The molecular weight excluding hydrogens is 270 g/mol. The number of rotatable bonds is 4. The second-order valence-electron chi connectivity index (χ2n) is 5.77. The molecule has 116 valence electrons. The molecule has 1 aromatic heterocycles. The molecule has 2 heterocycles. The number of amidine groups is 1. The van der Waals surface area contributed by atoms with E-state index in [0.29, 0.717) is 24.3 Å². The van der Waals surface area contributed by atoms with Crippen LogP contribution in [0, 0.1) is 6.92 Å². The number of likely N-dealkylation sites (N-methyl/N-ethyl adjacent to an activating group) is 1. The Kier molecular flexibility index (Phi) is 4.64. The van der Waals surface area contributed by atoms with Crippen molar-refractivity contribution in [3.8, 4) is 0 Å². The molecule has 0 saturated carbocycles. The minimum absolute atomic E-state index is 0.0301. The van der Waals surface area contributed by atoms with Crippen LogP contribution in [0.2, 0.25) is 0 Å². The fourth-order valence-corrected chi connectivity index (χ4v) is 2.76. The van der Waals surface area contributed by atoms with Gasteiger partial charge < -0.3 is 25.8 Å². The Morgan fingerprint density at radius 2 is 2.24 bits per heavy atom. The average Bonchev–Trinajstić information content (AvgIpc) is 2.77. The molecule has 1 aliphatic heterocycles. The molecule has 0 aliphatic carbocycles. The molecule has 2 rings (SSSR count). The van der Waals surface area contributed by atoms with Crippen LogP contribution in [0.25, 0.3) is 0 Å². The Labute approximate surface area is 124 Å². The molecule has 4 N–H and O–H groups in total. The first-order valence-electron chi connectivity index (χ1n) is 6.97. The number of aliphatic hydroxyl groups excluding tert-OH is 1. The predicted molar refractivity (Wildman–Crippen MR) is 81.8 cm³/mol. The highest BCUT2D eigenvalue weighted by Gasteiger charge is 2.33. The van der Waals surface area contributed by atoms with Crippen LogP contribution >= 0.6 is 0 Å². The van der Waals surface area contributed by atoms with E-state index in [0.717, 1.165) is 12.2 Å². The third-order valence-electron chi connectivity index (χ3n) is 3.64. The standard InChI is InChI=1S/C14H23N5O2/c1-9-4-5-12(13(15)17-21)14(16-9)19-8-11(20)6-10(19)7-18(2)3/h4-5,10-11,20-21H,6-8H2,1-3H3,(H2,15,17). The summed E-state index contributed by atoms with van der Waals surface area (Å²) in [4.78, 5) is 8.67. The number of nitrogens with two attached hydrogens (primary N) is 1. The number of nitrogens with zero attached hydrogens (tertiary/aromatic N) is 4. The lowest BCUT2D eigenvalue weighted by Crippen LogP contribution is -2.39. The molecule has 0 bridgehead atoms. The SMILES string of the molecule is Cc1ccc(C(N)=NO)c(N2CC(O)CC2CN(C)C)n1. The topological polar surface area (TPSA) is 98.2 Å². The van der Waals surface area contributed by atoms with Crippen LogP contribution in [-0.2, 0) is 0 Å². The van der Waals surface area contributed by atoms with Crippen molar-refractivity contribution in [3.05, 3.63) is 23.4 Å². The van der Waals surface area contributed by atoms with Crippen molar-refractivity contribution in [2.75, 3.05) is 32.1 Å². The van der Waals surface area contributed by atoms with E-state index in [2.05, 4.69) is 15.0 Å². The summed E-state index contributed by atoms with van der Waals surface area (Å²) in [5, 5.41) is 22.0. The summed E-state index contributed by atoms with van der Waals surface area (Å²) in [5.74, 6) is 0.691. The largest absolute Gasteiger partial charge is 0.409 e. The van der Waals surface area contributed by atoms with Gasteiger partial charge in [0.15, 0.2) is 5.84 Å². The molecule has 2 unspecified atom stereocenters. The van der Waals surface area contributed by atoms with E-state index in [1.807, 2.05) is 32.0 Å². The van der Waals surface area contributed by atoms with Gasteiger partial charge in [-0.1, -0.05) is 5.16 Å². The third-order valence-corrected chi connectivity index (χ3v) is 3.64. The molecule has 0 spiro atoms. The van der Waals surface area contributed by atoms with Gasteiger partial charge in [-0.25, -0.2) is 4.98 Å². The second-order valence-corrected chi connectivity index (χ2v) is 5.77. The van der Waals surface area contributed by atoms with Gasteiger partial charge in [0, 0.05) is 24.8 Å². The molecule has 2 atom stereocenters. The van der Waals surface area contributed by atoms with Crippen LogP contribution in [0.3, 0.4) is 0 Å². The molecule has 7 nitrogen and oxygen atoms in total. The van der Waals surface area contributed by atoms with E-state index in [4.69, 9.17) is 10.9 Å². The lowest BCUT2D eigenvalue weighted by atomic mass is 10.1. The smallest absolute Gasteiger partial charge is 0.173 e. The number of oxime groups is 1. The Morgan fingerprint density at radius 1 is 1.52 bits per heavy atom. The number of pyridine rings is 1. The van der Waals surface area contributed by atoms with Gasteiger partial charge in [-0.05, 0) is 39.6 Å². The predicted octanol–water partition coefficient (Wildman–Crippen LogP) is -0.0143. The molecule has 1 aliphatic rings. The lowest BCUT2D eigenvalue weighted by molar-refractivity contribution is 0.191. The van der Waals surface area contributed by atoms with Crippen molar-refractivity contribution in [1.82, 2.24) is 9.88 Å². The molecule has 7 heteroatoms. The van der Waals surface area contributed by atoms with Crippen molar-refractivity contribution in [3.63, 3.8) is 0 Å². The molecule has 0 radical (unpaired) electrons. The Balaban J connectivity index is 2.41. The highest BCUT2D eigenvalue weighted by atomic mass is 16.4. The number of hydrogen-bond donors (Lipinski definition) is 3. The third kappa shape index (κ3) is 3.43. The fourth-order valence-electron chi connectivity index (χ4n) is 2.76. The van der Waals surface area contributed by atoms with Gasteiger partial charge in [0.05, 0.1) is 11.7 Å². The van der Waals surface area contributed by atoms with Crippen molar-refractivity contribution in [1.29, 1.82) is 0 Å². The maximum absolute atomic E-state index is 10.0. The summed E-state index contributed by atoms with van der Waals surface area (Å²) in [6.45, 7) is 3.20. The molecule has 0 amide bonds. The quantitative estimate of drug-likeness (QED) is 0.312. The van der Waals surface area contributed by atoms with Crippen molar-refractivity contribution in [2.24, 2.45) is 10.9 Å². The van der Waals surface area contributed by atoms with Crippen molar-refractivity contribution >= 4 is 11.7 Å². The average molecular weight is 293 g/mol. The van der Waals surface area contributed by atoms with E-state index >= 15 is 0 Å². The summed E-state index contributed by atoms with van der Waals surface area (Å²) >= 11 is 0. The van der Waals surface area contributed by atoms with Crippen LogP contribution < -0.4 is 10.6 Å². The van der Waals surface area contributed by atoms with Gasteiger partial charge >= 0.3 is 0 Å². The van der Waals surface area contributed by atoms with E-state index in [-0.39, 0.29) is 11.9 Å². The van der Waals surface area contributed by atoms with Gasteiger partial charge in [0.25, 0.3) is 0 Å². The normalized spacial score (nSPS) is 23.1. The number of hydrogen-bond acceptors (Lipinski definition) is 6. The zero-order valence-corrected chi connectivity index (χ0v) is 12.7. The summed E-state index contributed by atoms with van der Waals surface area (Å²) < 4.78 is 0. The maximum atomic E-state index is 10.0. The van der Waals surface area contributed by atoms with Crippen LogP contribution in [0.15, 0.2) is 17.3 Å². The van der Waals surface area contributed by atoms with Gasteiger partial charge in [-0.15, -0.1) is 0 Å². The number of anilines is 1. The first-order valence-corrected chi connectivity index (χ1v) is 6.97. The monoisotopic (exact) mass is 293 g/mol. The Morgan fingerprint density at radius 3 is 2.86 bits per heavy atom. The van der Waals surface area contributed by atoms with Gasteiger partial charge in [0.1, 0.15) is 5.82 Å². The molecule has 21 heavy (non-hydrogen) atoms. The van der Waals surface area contributed by atoms with Crippen molar-refractivity contribution in [2.45, 2.75) is 25.5 Å². The number of β-amino-alcohol motifs (C(OH)–C–C–N with tert-alkyl or cyclic N) is 1. The van der Waals surface area contributed by atoms with Crippen LogP contribution in [0.1, 0.15) is 17.7 Å². The minimum Gasteiger partial charge on any atom is -0.409 e. The highest BCUT2D eigenvalue weighted by Crippen LogP contribution is 2.28. The number of aliphatic hydroxyl groups is 1. The van der Waals surface area contributed by atoms with Gasteiger partial charge in [0.2, 0.25) is 0 Å². The zero-order chi connectivity index (χ0) is 15.6.